The fourth-order valence-corrected chi connectivity index (χ4v) is 2.60. The van der Waals surface area contributed by atoms with Gasteiger partial charge in [-0.2, -0.15) is 16.8 Å². The van der Waals surface area contributed by atoms with Crippen LogP contribution in [0.2, 0.25) is 0 Å². The molecule has 0 amide bonds. The van der Waals surface area contributed by atoms with Crippen LogP contribution in [-0.4, -0.2) is 27.3 Å². The lowest BCUT2D eigenvalue weighted by Gasteiger charge is -2.16. The molecule has 0 saturated carbocycles. The lowest BCUT2D eigenvalue weighted by Crippen LogP contribution is -2.40. The lowest BCUT2D eigenvalue weighted by molar-refractivity contribution is 0.524. The summed E-state index contributed by atoms with van der Waals surface area (Å²) >= 11 is 0. The fraction of sp³-hybridized carbons (Fsp3) is 0.500. The van der Waals surface area contributed by atoms with Crippen molar-refractivity contribution in [2.24, 2.45) is 0 Å². The van der Waals surface area contributed by atoms with Crippen LogP contribution in [0.3, 0.4) is 0 Å². The zero-order chi connectivity index (χ0) is 9.57. The first kappa shape index (κ1) is 9.41. The van der Waals surface area contributed by atoms with Gasteiger partial charge in [0.15, 0.2) is 10.5 Å². The third kappa shape index (κ3) is 1.56. The number of rotatable bonds is 2. The molecule has 1 aliphatic carbocycles. The Hall–Kier alpha value is -0.680. The van der Waals surface area contributed by atoms with Crippen molar-refractivity contribution in [3.05, 3.63) is 0 Å². The van der Waals surface area contributed by atoms with E-state index in [1.165, 1.54) is 0 Å². The smallest absolute Gasteiger partial charge is 0.193 e. The highest BCUT2D eigenvalue weighted by Crippen LogP contribution is 2.21. The van der Waals surface area contributed by atoms with Crippen LogP contribution in [0.1, 0.15) is 0 Å². The van der Waals surface area contributed by atoms with Crippen LogP contribution in [0.5, 0.6) is 0 Å². The van der Waals surface area contributed by atoms with E-state index < -0.39 is 30.9 Å². The molecule has 8 heteroatoms. The van der Waals surface area contributed by atoms with Crippen molar-refractivity contribution >= 4 is 20.4 Å². The summed E-state index contributed by atoms with van der Waals surface area (Å²) in [5, 5.41) is -4.13. The molecule has 0 bridgehead atoms. The second-order valence-corrected chi connectivity index (χ2v) is 5.00. The Bertz CT molecular complexity index is 409. The summed E-state index contributed by atoms with van der Waals surface area (Å²) in [5.74, 6) is 3.42. The Morgan fingerprint density at radius 1 is 0.833 bits per heavy atom. The molecule has 68 valence electrons. The topological polar surface area (TPSA) is 68.3 Å². The van der Waals surface area contributed by atoms with Gasteiger partial charge in [0.2, 0.25) is 0 Å². The van der Waals surface area contributed by atoms with E-state index in [9.17, 15) is 24.6 Å². The van der Waals surface area contributed by atoms with E-state index in [-0.39, 0.29) is 0 Å². The van der Waals surface area contributed by atoms with Gasteiger partial charge < -0.3 is 0 Å². The quantitative estimate of drug-likeness (QED) is 0.454. The molecule has 2 unspecified atom stereocenters. The average molecular weight is 216 g/mol. The van der Waals surface area contributed by atoms with Crippen molar-refractivity contribution < 1.29 is 24.6 Å². The SMILES string of the molecule is O=S(=O)(F)C1C#CC1S(=O)(=O)F. The van der Waals surface area contributed by atoms with E-state index in [1.54, 1.807) is 11.8 Å². The maximum atomic E-state index is 12.1. The second-order valence-electron chi connectivity index (χ2n) is 2.08. The first-order valence-electron chi connectivity index (χ1n) is 2.61. The molecule has 1 rings (SSSR count). The molecule has 0 aromatic rings. The minimum absolute atomic E-state index is 1.71. The summed E-state index contributed by atoms with van der Waals surface area (Å²) in [5.41, 5.74) is 0. The van der Waals surface area contributed by atoms with Gasteiger partial charge >= 0.3 is 20.4 Å². The van der Waals surface area contributed by atoms with Crippen LogP contribution in [0.25, 0.3) is 0 Å². The monoisotopic (exact) mass is 216 g/mol. The molecular formula is C4H2F2O4S2. The van der Waals surface area contributed by atoms with Crippen LogP contribution in [0, 0.1) is 11.8 Å². The molecule has 0 fully saturated rings. The molecule has 0 aromatic heterocycles. The van der Waals surface area contributed by atoms with Crippen LogP contribution >= 0.6 is 0 Å². The molecule has 0 aliphatic heterocycles. The van der Waals surface area contributed by atoms with Crippen LogP contribution < -0.4 is 0 Å². The molecule has 0 saturated heterocycles. The van der Waals surface area contributed by atoms with Crippen LogP contribution in [0.15, 0.2) is 0 Å². The molecule has 0 heterocycles. The zero-order valence-electron chi connectivity index (χ0n) is 5.36. The molecule has 0 radical (unpaired) electrons. The molecule has 4 nitrogen and oxygen atoms in total. The molecule has 1 aliphatic rings. The molecule has 0 spiro atoms. The third-order valence-corrected chi connectivity index (χ3v) is 3.42. The van der Waals surface area contributed by atoms with E-state index in [1.807, 2.05) is 0 Å². The number of hydrogen-bond donors (Lipinski definition) is 0. The molecular weight excluding hydrogens is 214 g/mol. The maximum Gasteiger partial charge on any atom is 0.319 e. The van der Waals surface area contributed by atoms with E-state index in [0.29, 0.717) is 0 Å². The van der Waals surface area contributed by atoms with Gasteiger partial charge in [0.1, 0.15) is 0 Å². The second kappa shape index (κ2) is 2.40. The molecule has 2 atom stereocenters. The van der Waals surface area contributed by atoms with Crippen molar-refractivity contribution in [3.63, 3.8) is 0 Å². The first-order chi connectivity index (χ1) is 5.23. The van der Waals surface area contributed by atoms with E-state index >= 15 is 0 Å². The van der Waals surface area contributed by atoms with Gasteiger partial charge in [0.25, 0.3) is 0 Å². The first-order valence-corrected chi connectivity index (χ1v) is 5.50. The van der Waals surface area contributed by atoms with Crippen molar-refractivity contribution in [2.75, 3.05) is 0 Å². The predicted molar refractivity (Wildman–Crippen MR) is 35.4 cm³/mol. The maximum absolute atomic E-state index is 12.1. The molecule has 0 aromatic carbocycles. The van der Waals surface area contributed by atoms with Gasteiger partial charge in [-0.15, -0.1) is 7.77 Å². The van der Waals surface area contributed by atoms with Gasteiger partial charge in [0, 0.05) is 0 Å². The number of hydrogen-bond acceptors (Lipinski definition) is 4. The normalized spacial score (nSPS) is 28.5. The van der Waals surface area contributed by atoms with Gasteiger partial charge in [-0.1, -0.05) is 11.8 Å². The Kier molecular flexibility index (Phi) is 1.88. The van der Waals surface area contributed by atoms with Gasteiger partial charge in [-0.25, -0.2) is 0 Å². The van der Waals surface area contributed by atoms with Crippen LogP contribution in [0.4, 0.5) is 7.77 Å². The predicted octanol–water partition coefficient (Wildman–Crippen LogP) is -0.661. The number of halogens is 2. The highest BCUT2D eigenvalue weighted by atomic mass is 32.3. The van der Waals surface area contributed by atoms with Gasteiger partial charge in [0.05, 0.1) is 0 Å². The Balaban J connectivity index is 3.05. The Morgan fingerprint density at radius 3 is 1.17 bits per heavy atom. The summed E-state index contributed by atoms with van der Waals surface area (Å²) in [6.07, 6.45) is 0. The third-order valence-electron chi connectivity index (χ3n) is 1.25. The largest absolute Gasteiger partial charge is 0.319 e. The van der Waals surface area contributed by atoms with Crippen molar-refractivity contribution in [2.45, 2.75) is 10.5 Å². The van der Waals surface area contributed by atoms with Crippen molar-refractivity contribution in [3.8, 4) is 11.8 Å². The van der Waals surface area contributed by atoms with E-state index in [2.05, 4.69) is 0 Å². The average Bonchev–Trinajstić information content (AvgIpc) is 1.46. The Morgan fingerprint density at radius 2 is 1.08 bits per heavy atom. The summed E-state index contributed by atoms with van der Waals surface area (Å²) < 4.78 is 64.4. The zero-order valence-corrected chi connectivity index (χ0v) is 6.99. The molecule has 0 N–H and O–H groups in total. The highest BCUT2D eigenvalue weighted by Gasteiger charge is 2.44. The van der Waals surface area contributed by atoms with Crippen LogP contribution in [-0.2, 0) is 20.4 Å². The summed E-state index contributed by atoms with van der Waals surface area (Å²) in [6.45, 7) is 0. The van der Waals surface area contributed by atoms with Crippen molar-refractivity contribution in [1.82, 2.24) is 0 Å². The minimum atomic E-state index is -5.09. The fourth-order valence-electron chi connectivity index (χ4n) is 0.655. The van der Waals surface area contributed by atoms with Gasteiger partial charge in [-0.05, 0) is 0 Å². The van der Waals surface area contributed by atoms with E-state index in [0.717, 1.165) is 0 Å². The summed E-state index contributed by atoms with van der Waals surface area (Å²) in [6, 6.07) is 0. The summed E-state index contributed by atoms with van der Waals surface area (Å²) in [7, 11) is -10.2. The van der Waals surface area contributed by atoms with Crippen molar-refractivity contribution in [1.29, 1.82) is 0 Å². The van der Waals surface area contributed by atoms with Gasteiger partial charge in [-0.3, -0.25) is 0 Å². The highest BCUT2D eigenvalue weighted by molar-refractivity contribution is 7.91. The lowest BCUT2D eigenvalue weighted by atomic mass is 10.2. The summed E-state index contributed by atoms with van der Waals surface area (Å²) in [4.78, 5) is 0. The standard InChI is InChI=1S/C4H2F2O4S2/c5-11(7,8)3-1-2-4(3)12(6,9)10/h3-4H. The minimum Gasteiger partial charge on any atom is -0.193 e. The van der Waals surface area contributed by atoms with E-state index in [4.69, 9.17) is 0 Å². The molecule has 12 heavy (non-hydrogen) atoms. The Labute approximate surface area is 68.0 Å².